The third-order valence-corrected chi connectivity index (χ3v) is 2.39. The lowest BCUT2D eigenvalue weighted by molar-refractivity contribution is -0.114. The van der Waals surface area contributed by atoms with Crippen LogP contribution in [0.25, 0.3) is 0 Å². The first-order valence-corrected chi connectivity index (χ1v) is 4.41. The normalized spacial score (nSPS) is 24.0. The van der Waals surface area contributed by atoms with Gasteiger partial charge in [0.05, 0.1) is 0 Å². The molecule has 0 aromatic heterocycles. The monoisotopic (exact) mass is 164 g/mol. The second-order valence-electron chi connectivity index (χ2n) is 3.75. The summed E-state index contributed by atoms with van der Waals surface area (Å²) >= 11 is 0. The second-order valence-corrected chi connectivity index (χ2v) is 3.75. The summed E-state index contributed by atoms with van der Waals surface area (Å²) in [5.74, 6) is 0.635. The summed E-state index contributed by atoms with van der Waals surface area (Å²) in [7, 11) is 0. The van der Waals surface area contributed by atoms with Crippen LogP contribution >= 0.6 is 0 Å². The lowest BCUT2D eigenvalue weighted by Crippen LogP contribution is -2.13. The molecule has 12 heavy (non-hydrogen) atoms. The fourth-order valence-corrected chi connectivity index (χ4v) is 2.10. The molecule has 1 atom stereocenters. The largest absolute Gasteiger partial charge is 0.295 e. The Morgan fingerprint density at radius 2 is 2.08 bits per heavy atom. The fraction of sp³-hybridized carbons (Fsp3) is 0.545. The van der Waals surface area contributed by atoms with E-state index in [4.69, 9.17) is 0 Å². The van der Waals surface area contributed by atoms with E-state index in [2.05, 4.69) is 19.9 Å². The smallest absolute Gasteiger partial charge is 0.156 e. The Bertz CT molecular complexity index is 269. The van der Waals surface area contributed by atoms with Crippen molar-refractivity contribution in [2.24, 2.45) is 5.92 Å². The maximum absolute atomic E-state index is 11.2. The number of hydrogen-bond donors (Lipinski definition) is 0. The van der Waals surface area contributed by atoms with E-state index < -0.39 is 0 Å². The second kappa shape index (κ2) is 3.26. The van der Waals surface area contributed by atoms with Gasteiger partial charge in [-0.1, -0.05) is 18.6 Å². The van der Waals surface area contributed by atoms with Crippen molar-refractivity contribution in [1.29, 1.82) is 0 Å². The van der Waals surface area contributed by atoms with Gasteiger partial charge in [-0.25, -0.2) is 0 Å². The van der Waals surface area contributed by atoms with Crippen molar-refractivity contribution in [3.63, 3.8) is 0 Å². The molecule has 0 aromatic carbocycles. The van der Waals surface area contributed by atoms with Crippen LogP contribution in [0.5, 0.6) is 0 Å². The minimum absolute atomic E-state index is 0.226. The van der Waals surface area contributed by atoms with Gasteiger partial charge in [0.15, 0.2) is 5.78 Å². The van der Waals surface area contributed by atoms with E-state index in [0.717, 1.165) is 17.6 Å². The van der Waals surface area contributed by atoms with Crippen LogP contribution in [0.3, 0.4) is 0 Å². The molecule has 0 aromatic rings. The van der Waals surface area contributed by atoms with E-state index in [9.17, 15) is 4.79 Å². The predicted octanol–water partition coefficient (Wildman–Crippen LogP) is 2.88. The Kier molecular flexibility index (Phi) is 2.51. The number of carbonyl (C=O) groups excluding carboxylic acids is 1. The van der Waals surface area contributed by atoms with Gasteiger partial charge in [0, 0.05) is 5.57 Å². The summed E-state index contributed by atoms with van der Waals surface area (Å²) in [4.78, 5) is 11.2. The Hall–Kier alpha value is -0.850. The van der Waals surface area contributed by atoms with Gasteiger partial charge in [-0.15, -0.1) is 0 Å². The zero-order valence-electron chi connectivity index (χ0n) is 8.27. The average Bonchev–Trinajstić information content (AvgIpc) is 1.82. The SMILES string of the molecule is CC(=O)C1=C(C)C=C(C)CC1C. The van der Waals surface area contributed by atoms with E-state index in [1.165, 1.54) is 5.57 Å². The lowest BCUT2D eigenvalue weighted by Gasteiger charge is -2.21. The molecule has 0 heterocycles. The van der Waals surface area contributed by atoms with E-state index >= 15 is 0 Å². The highest BCUT2D eigenvalue weighted by Gasteiger charge is 2.19. The Morgan fingerprint density at radius 3 is 2.50 bits per heavy atom. The van der Waals surface area contributed by atoms with Crippen LogP contribution in [0.2, 0.25) is 0 Å². The van der Waals surface area contributed by atoms with Crippen molar-refractivity contribution in [3.8, 4) is 0 Å². The molecule has 1 heteroatoms. The molecular formula is C11H16O. The molecule has 0 radical (unpaired) electrons. The molecule has 1 nitrogen and oxygen atoms in total. The third kappa shape index (κ3) is 1.66. The zero-order valence-corrected chi connectivity index (χ0v) is 8.27. The Morgan fingerprint density at radius 1 is 1.50 bits per heavy atom. The van der Waals surface area contributed by atoms with Crippen LogP contribution < -0.4 is 0 Å². The first-order chi connectivity index (χ1) is 5.52. The molecule has 1 aliphatic carbocycles. The van der Waals surface area contributed by atoms with Crippen molar-refractivity contribution < 1.29 is 4.79 Å². The number of rotatable bonds is 1. The summed E-state index contributed by atoms with van der Waals surface area (Å²) < 4.78 is 0. The summed E-state index contributed by atoms with van der Waals surface area (Å²) in [5.41, 5.74) is 3.55. The van der Waals surface area contributed by atoms with Crippen molar-refractivity contribution in [2.45, 2.75) is 34.1 Å². The van der Waals surface area contributed by atoms with Gasteiger partial charge in [-0.2, -0.15) is 0 Å². The number of hydrogen-bond acceptors (Lipinski definition) is 1. The quantitative estimate of drug-likeness (QED) is 0.582. The number of Topliss-reactive ketones (excluding diaryl/α,β-unsaturated/α-hetero) is 1. The van der Waals surface area contributed by atoms with Crippen LogP contribution in [0, 0.1) is 5.92 Å². The molecule has 0 spiro atoms. The molecule has 0 amide bonds. The van der Waals surface area contributed by atoms with E-state index in [1.807, 2.05) is 6.92 Å². The zero-order chi connectivity index (χ0) is 9.30. The standard InChI is InChI=1S/C11H16O/c1-7-5-8(2)11(10(4)12)9(3)6-7/h5,9H,6H2,1-4H3. The molecule has 0 fully saturated rings. The van der Waals surface area contributed by atoms with Gasteiger partial charge in [0.25, 0.3) is 0 Å². The van der Waals surface area contributed by atoms with Crippen molar-refractivity contribution in [2.75, 3.05) is 0 Å². The molecule has 0 aliphatic heterocycles. The van der Waals surface area contributed by atoms with Crippen molar-refractivity contribution >= 4 is 5.78 Å². The number of ketones is 1. The highest BCUT2D eigenvalue weighted by atomic mass is 16.1. The molecule has 1 rings (SSSR count). The summed E-state index contributed by atoms with van der Waals surface area (Å²) in [6.45, 7) is 7.92. The third-order valence-electron chi connectivity index (χ3n) is 2.39. The average molecular weight is 164 g/mol. The molecule has 66 valence electrons. The first kappa shape index (κ1) is 9.24. The molecule has 0 saturated heterocycles. The lowest BCUT2D eigenvalue weighted by atomic mass is 9.83. The Labute approximate surface area is 74.2 Å². The van der Waals surface area contributed by atoms with Crippen molar-refractivity contribution in [1.82, 2.24) is 0 Å². The number of allylic oxidation sites excluding steroid dienone is 4. The highest BCUT2D eigenvalue weighted by molar-refractivity contribution is 5.95. The van der Waals surface area contributed by atoms with Gasteiger partial charge < -0.3 is 0 Å². The van der Waals surface area contributed by atoms with E-state index in [0.29, 0.717) is 5.92 Å². The molecule has 0 N–H and O–H groups in total. The maximum atomic E-state index is 11.2. The molecule has 1 aliphatic rings. The van der Waals surface area contributed by atoms with Crippen LogP contribution in [-0.2, 0) is 4.79 Å². The van der Waals surface area contributed by atoms with Gasteiger partial charge >= 0.3 is 0 Å². The maximum Gasteiger partial charge on any atom is 0.156 e. The summed E-state index contributed by atoms with van der Waals surface area (Å²) in [6.07, 6.45) is 3.16. The highest BCUT2D eigenvalue weighted by Crippen LogP contribution is 2.29. The molecular weight excluding hydrogens is 148 g/mol. The van der Waals surface area contributed by atoms with Crippen molar-refractivity contribution in [3.05, 3.63) is 22.8 Å². The van der Waals surface area contributed by atoms with E-state index in [1.54, 1.807) is 6.92 Å². The van der Waals surface area contributed by atoms with E-state index in [-0.39, 0.29) is 5.78 Å². The molecule has 0 saturated carbocycles. The molecule has 1 unspecified atom stereocenters. The van der Waals surface area contributed by atoms with Crippen LogP contribution in [0.15, 0.2) is 22.8 Å². The van der Waals surface area contributed by atoms with Gasteiger partial charge in [0.2, 0.25) is 0 Å². The first-order valence-electron chi connectivity index (χ1n) is 4.41. The fourth-order valence-electron chi connectivity index (χ4n) is 2.10. The Balaban J connectivity index is 3.08. The summed E-state index contributed by atoms with van der Waals surface area (Å²) in [5, 5.41) is 0. The minimum atomic E-state index is 0.226. The van der Waals surface area contributed by atoms with Crippen LogP contribution in [-0.4, -0.2) is 5.78 Å². The van der Waals surface area contributed by atoms with Gasteiger partial charge in [-0.05, 0) is 38.7 Å². The molecule has 0 bridgehead atoms. The van der Waals surface area contributed by atoms with Crippen LogP contribution in [0.4, 0.5) is 0 Å². The van der Waals surface area contributed by atoms with Gasteiger partial charge in [-0.3, -0.25) is 4.79 Å². The number of carbonyl (C=O) groups is 1. The predicted molar refractivity (Wildman–Crippen MR) is 50.9 cm³/mol. The van der Waals surface area contributed by atoms with Crippen LogP contribution in [0.1, 0.15) is 34.1 Å². The minimum Gasteiger partial charge on any atom is -0.295 e. The summed E-state index contributed by atoms with van der Waals surface area (Å²) in [6, 6.07) is 0. The van der Waals surface area contributed by atoms with Gasteiger partial charge in [0.1, 0.15) is 0 Å². The topological polar surface area (TPSA) is 17.1 Å².